The number of hydrogen-bond acceptors (Lipinski definition) is 3. The molecule has 1 aliphatic heterocycles. The van der Waals surface area contributed by atoms with Gasteiger partial charge in [0.15, 0.2) is 0 Å². The van der Waals surface area contributed by atoms with E-state index in [2.05, 4.69) is 5.32 Å². The highest BCUT2D eigenvalue weighted by Gasteiger charge is 2.34. The highest BCUT2D eigenvalue weighted by Crippen LogP contribution is 2.29. The maximum absolute atomic E-state index is 9.64. The summed E-state index contributed by atoms with van der Waals surface area (Å²) in [6, 6.07) is 7.57. The molecular formula is C12H16ClNO2. The zero-order valence-corrected chi connectivity index (χ0v) is 9.83. The van der Waals surface area contributed by atoms with E-state index < -0.39 is 5.54 Å². The summed E-state index contributed by atoms with van der Waals surface area (Å²) in [6.45, 7) is 1.98. The van der Waals surface area contributed by atoms with Crippen LogP contribution in [0.2, 0.25) is 5.02 Å². The van der Waals surface area contributed by atoms with Crippen LogP contribution in [0.15, 0.2) is 24.3 Å². The third kappa shape index (κ3) is 2.23. The number of halogens is 1. The van der Waals surface area contributed by atoms with Crippen LogP contribution in [0.25, 0.3) is 0 Å². The summed E-state index contributed by atoms with van der Waals surface area (Å²) in [4.78, 5) is 0. The number of benzene rings is 1. The number of hydrogen-bond donors (Lipinski definition) is 2. The lowest BCUT2D eigenvalue weighted by atomic mass is 9.91. The molecule has 1 atom stereocenters. The third-order valence-electron chi connectivity index (χ3n) is 2.94. The van der Waals surface area contributed by atoms with Crippen molar-refractivity contribution in [1.82, 2.24) is 5.32 Å². The number of aliphatic hydroxyl groups is 1. The molecule has 1 heterocycles. The lowest BCUT2D eigenvalue weighted by molar-refractivity contribution is 0.0552. The third-order valence-corrected chi connectivity index (χ3v) is 3.27. The minimum absolute atomic E-state index is 0.0171. The fourth-order valence-corrected chi connectivity index (χ4v) is 2.32. The summed E-state index contributed by atoms with van der Waals surface area (Å²) in [5, 5.41) is 13.6. The topological polar surface area (TPSA) is 41.5 Å². The molecule has 88 valence electrons. The molecule has 16 heavy (non-hydrogen) atoms. The molecule has 0 spiro atoms. The van der Waals surface area contributed by atoms with Crippen molar-refractivity contribution in [3.05, 3.63) is 34.9 Å². The first kappa shape index (κ1) is 11.9. The van der Waals surface area contributed by atoms with Gasteiger partial charge in [0.05, 0.1) is 18.8 Å². The zero-order chi connectivity index (χ0) is 11.4. The largest absolute Gasteiger partial charge is 0.394 e. The van der Waals surface area contributed by atoms with E-state index in [0.717, 1.165) is 25.1 Å². The summed E-state index contributed by atoms with van der Waals surface area (Å²) in [5.74, 6) is 0. The Morgan fingerprint density at radius 1 is 1.44 bits per heavy atom. The number of nitrogens with one attached hydrogen (secondary N) is 1. The van der Waals surface area contributed by atoms with Gasteiger partial charge >= 0.3 is 0 Å². The molecule has 1 aromatic rings. The summed E-state index contributed by atoms with van der Waals surface area (Å²) >= 11 is 6.17. The minimum atomic E-state index is -0.561. The van der Waals surface area contributed by atoms with Crippen LogP contribution < -0.4 is 5.32 Å². The van der Waals surface area contributed by atoms with E-state index in [1.807, 2.05) is 24.3 Å². The Bertz CT molecular complexity index is 349. The van der Waals surface area contributed by atoms with Crippen LogP contribution >= 0.6 is 11.6 Å². The molecule has 2 rings (SSSR count). The number of aliphatic hydroxyl groups excluding tert-OH is 1. The molecule has 0 saturated carbocycles. The van der Waals surface area contributed by atoms with Gasteiger partial charge in [-0.1, -0.05) is 29.8 Å². The van der Waals surface area contributed by atoms with Gasteiger partial charge in [0, 0.05) is 11.6 Å². The molecule has 1 saturated heterocycles. The van der Waals surface area contributed by atoms with Crippen molar-refractivity contribution in [2.45, 2.75) is 12.0 Å². The maximum atomic E-state index is 9.64. The molecule has 2 N–H and O–H groups in total. The lowest BCUT2D eigenvalue weighted by Gasteiger charge is -2.32. The van der Waals surface area contributed by atoms with Gasteiger partial charge < -0.3 is 15.2 Å². The first-order valence-electron chi connectivity index (χ1n) is 5.47. The van der Waals surface area contributed by atoms with Crippen LogP contribution in [0.5, 0.6) is 0 Å². The van der Waals surface area contributed by atoms with Gasteiger partial charge in [-0.15, -0.1) is 0 Å². The molecule has 0 radical (unpaired) electrons. The Labute approximate surface area is 100 Å². The molecule has 0 aliphatic carbocycles. The Morgan fingerprint density at radius 3 is 3.00 bits per heavy atom. The average molecular weight is 242 g/mol. The Balaban J connectivity index is 2.36. The predicted molar refractivity (Wildman–Crippen MR) is 63.7 cm³/mol. The zero-order valence-electron chi connectivity index (χ0n) is 9.08. The second-order valence-corrected chi connectivity index (χ2v) is 4.46. The monoisotopic (exact) mass is 241 g/mol. The van der Waals surface area contributed by atoms with Crippen molar-refractivity contribution in [1.29, 1.82) is 0 Å². The van der Waals surface area contributed by atoms with Crippen molar-refractivity contribution in [3.8, 4) is 0 Å². The van der Waals surface area contributed by atoms with Crippen molar-refractivity contribution >= 4 is 11.6 Å². The Kier molecular flexibility index (Phi) is 3.82. The normalized spacial score (nSPS) is 26.4. The molecular weight excluding hydrogens is 226 g/mol. The van der Waals surface area contributed by atoms with Gasteiger partial charge in [0.25, 0.3) is 0 Å². The van der Waals surface area contributed by atoms with Gasteiger partial charge in [0.1, 0.15) is 0 Å². The van der Waals surface area contributed by atoms with Gasteiger partial charge in [0.2, 0.25) is 0 Å². The van der Waals surface area contributed by atoms with Gasteiger partial charge in [-0.25, -0.2) is 0 Å². The molecule has 3 nitrogen and oxygen atoms in total. The second kappa shape index (κ2) is 5.15. The molecule has 1 fully saturated rings. The van der Waals surface area contributed by atoms with E-state index >= 15 is 0 Å². The van der Waals surface area contributed by atoms with Crippen LogP contribution in [-0.2, 0) is 10.3 Å². The standard InChI is InChI=1S/C12H16ClNO2/c13-11-5-2-1-4-10(11)12(8-15)9-16-7-3-6-14-12/h1-2,4-5,14-15H,3,6-9H2. The molecule has 0 bridgehead atoms. The number of ether oxygens (including phenoxy) is 1. The van der Waals surface area contributed by atoms with E-state index in [-0.39, 0.29) is 6.61 Å². The van der Waals surface area contributed by atoms with E-state index in [9.17, 15) is 5.11 Å². The minimum Gasteiger partial charge on any atom is -0.394 e. The molecule has 0 amide bonds. The maximum Gasteiger partial charge on any atom is 0.0920 e. The number of rotatable bonds is 2. The summed E-state index contributed by atoms with van der Waals surface area (Å²) < 4.78 is 5.53. The predicted octanol–water partition coefficient (Wildman–Crippen LogP) is 1.54. The Hall–Kier alpha value is -0.610. The summed E-state index contributed by atoms with van der Waals surface area (Å²) in [7, 11) is 0. The van der Waals surface area contributed by atoms with Crippen LogP contribution in [0.1, 0.15) is 12.0 Å². The highest BCUT2D eigenvalue weighted by atomic mass is 35.5. The molecule has 1 unspecified atom stereocenters. The first-order chi connectivity index (χ1) is 7.78. The van der Waals surface area contributed by atoms with Crippen LogP contribution in [0, 0.1) is 0 Å². The average Bonchev–Trinajstić information content (AvgIpc) is 2.56. The van der Waals surface area contributed by atoms with Gasteiger partial charge in [-0.2, -0.15) is 0 Å². The fourth-order valence-electron chi connectivity index (χ4n) is 2.01. The van der Waals surface area contributed by atoms with Crippen molar-refractivity contribution in [2.75, 3.05) is 26.4 Å². The van der Waals surface area contributed by atoms with Crippen LogP contribution in [-0.4, -0.2) is 31.5 Å². The van der Waals surface area contributed by atoms with E-state index in [1.54, 1.807) is 0 Å². The van der Waals surface area contributed by atoms with Crippen molar-refractivity contribution in [3.63, 3.8) is 0 Å². The van der Waals surface area contributed by atoms with Crippen molar-refractivity contribution in [2.24, 2.45) is 0 Å². The second-order valence-electron chi connectivity index (χ2n) is 4.05. The highest BCUT2D eigenvalue weighted by molar-refractivity contribution is 6.31. The summed E-state index contributed by atoms with van der Waals surface area (Å²) in [6.07, 6.45) is 0.951. The van der Waals surface area contributed by atoms with Gasteiger partial charge in [-0.05, 0) is 24.6 Å². The van der Waals surface area contributed by atoms with Gasteiger partial charge in [-0.3, -0.25) is 0 Å². The quantitative estimate of drug-likeness (QED) is 0.825. The SMILES string of the molecule is OCC1(c2ccccc2Cl)COCCCN1. The van der Waals surface area contributed by atoms with Crippen molar-refractivity contribution < 1.29 is 9.84 Å². The van der Waals surface area contributed by atoms with E-state index in [1.165, 1.54) is 0 Å². The lowest BCUT2D eigenvalue weighted by Crippen LogP contribution is -2.48. The fraction of sp³-hybridized carbons (Fsp3) is 0.500. The smallest absolute Gasteiger partial charge is 0.0920 e. The van der Waals surface area contributed by atoms with E-state index in [0.29, 0.717) is 11.6 Å². The summed E-state index contributed by atoms with van der Waals surface area (Å²) in [5.41, 5.74) is 0.343. The molecule has 1 aliphatic rings. The van der Waals surface area contributed by atoms with Crippen LogP contribution in [0.3, 0.4) is 0 Å². The molecule has 0 aromatic heterocycles. The molecule has 1 aromatic carbocycles. The molecule has 4 heteroatoms. The van der Waals surface area contributed by atoms with E-state index in [4.69, 9.17) is 16.3 Å². The first-order valence-corrected chi connectivity index (χ1v) is 5.85. The Morgan fingerprint density at radius 2 is 2.25 bits per heavy atom. The van der Waals surface area contributed by atoms with Crippen LogP contribution in [0.4, 0.5) is 0 Å².